The highest BCUT2D eigenvalue weighted by molar-refractivity contribution is 8.14. The average Bonchev–Trinajstić information content (AvgIpc) is 3.43. The van der Waals surface area contributed by atoms with Crippen LogP contribution in [0.4, 0.5) is 11.4 Å². The number of nitrogens with one attached hydrogen (secondary N) is 1. The second-order valence-corrected chi connectivity index (χ2v) is 7.95. The van der Waals surface area contributed by atoms with Crippen LogP contribution in [0, 0.1) is 0 Å². The summed E-state index contributed by atoms with van der Waals surface area (Å²) in [6, 6.07) is 14.7. The Labute approximate surface area is 176 Å². The Kier molecular flexibility index (Phi) is 4.69. The maximum Gasteiger partial charge on any atom is 0.259 e. The molecule has 3 heterocycles. The Morgan fingerprint density at radius 3 is 3.07 bits per heavy atom. The minimum atomic E-state index is -0.252. The first-order valence-electron chi connectivity index (χ1n) is 9.08. The lowest BCUT2D eigenvalue weighted by Crippen LogP contribution is -2.21. The smallest absolute Gasteiger partial charge is 0.259 e. The van der Waals surface area contributed by atoms with Crippen molar-refractivity contribution in [2.24, 2.45) is 4.99 Å². The van der Waals surface area contributed by atoms with Crippen LogP contribution in [0.3, 0.4) is 0 Å². The SMILES string of the molecule is O=C(Nc1ccc2c(c1)N1CCN=C1S2)c1ccoc1COc1ccccc1Cl. The Hall–Kier alpha value is -2.90. The van der Waals surface area contributed by atoms with Gasteiger partial charge in [0, 0.05) is 17.1 Å². The molecule has 2 aliphatic heterocycles. The fourth-order valence-electron chi connectivity index (χ4n) is 3.29. The molecule has 2 aromatic carbocycles. The van der Waals surface area contributed by atoms with Gasteiger partial charge in [0.2, 0.25) is 0 Å². The molecule has 2 aliphatic rings. The topological polar surface area (TPSA) is 67.1 Å². The van der Waals surface area contributed by atoms with E-state index in [1.165, 1.54) is 6.26 Å². The summed E-state index contributed by atoms with van der Waals surface area (Å²) >= 11 is 7.77. The van der Waals surface area contributed by atoms with E-state index in [9.17, 15) is 4.79 Å². The quantitative estimate of drug-likeness (QED) is 0.619. The highest BCUT2D eigenvalue weighted by atomic mass is 35.5. The van der Waals surface area contributed by atoms with Crippen molar-refractivity contribution in [3.63, 3.8) is 0 Å². The second kappa shape index (κ2) is 7.50. The number of furan rings is 1. The zero-order valence-electron chi connectivity index (χ0n) is 15.2. The van der Waals surface area contributed by atoms with Crippen LogP contribution in [0.15, 0.2) is 69.1 Å². The number of anilines is 2. The Morgan fingerprint density at radius 1 is 1.28 bits per heavy atom. The van der Waals surface area contributed by atoms with E-state index < -0.39 is 0 Å². The number of hydrogen-bond donors (Lipinski definition) is 1. The van der Waals surface area contributed by atoms with Gasteiger partial charge in [0.1, 0.15) is 12.4 Å². The number of hydrogen-bond acceptors (Lipinski definition) is 6. The summed E-state index contributed by atoms with van der Waals surface area (Å²) in [7, 11) is 0. The van der Waals surface area contributed by atoms with Crippen molar-refractivity contribution in [3.05, 3.63) is 71.1 Å². The van der Waals surface area contributed by atoms with Crippen molar-refractivity contribution in [2.75, 3.05) is 23.3 Å². The number of aliphatic imine (C=N–C) groups is 1. The van der Waals surface area contributed by atoms with Gasteiger partial charge in [-0.1, -0.05) is 23.7 Å². The normalized spacial score (nSPS) is 14.4. The third-order valence-corrected chi connectivity index (χ3v) is 6.11. The van der Waals surface area contributed by atoms with Crippen molar-refractivity contribution in [3.8, 4) is 5.75 Å². The Bertz CT molecular complexity index is 1130. The van der Waals surface area contributed by atoms with Crippen LogP contribution >= 0.6 is 23.4 Å². The number of rotatable bonds is 5. The fraction of sp³-hybridized carbons (Fsp3) is 0.143. The van der Waals surface area contributed by atoms with Crippen LogP contribution in [0.5, 0.6) is 5.75 Å². The van der Waals surface area contributed by atoms with Crippen molar-refractivity contribution in [1.29, 1.82) is 0 Å². The summed E-state index contributed by atoms with van der Waals surface area (Å²) < 4.78 is 11.2. The largest absolute Gasteiger partial charge is 0.484 e. The maximum atomic E-state index is 12.8. The average molecular weight is 426 g/mol. The van der Waals surface area contributed by atoms with Gasteiger partial charge in [-0.25, -0.2) is 0 Å². The number of benzene rings is 2. The van der Waals surface area contributed by atoms with E-state index in [1.54, 1.807) is 30.0 Å². The minimum Gasteiger partial charge on any atom is -0.484 e. The molecule has 5 rings (SSSR count). The van der Waals surface area contributed by atoms with Crippen LogP contribution in [0.1, 0.15) is 16.1 Å². The molecule has 0 radical (unpaired) electrons. The number of para-hydroxylation sites is 1. The third kappa shape index (κ3) is 3.47. The molecule has 1 amide bonds. The number of nitrogens with zero attached hydrogens (tertiary/aromatic N) is 2. The van der Waals surface area contributed by atoms with E-state index in [1.807, 2.05) is 30.3 Å². The number of amides is 1. The van der Waals surface area contributed by atoms with Gasteiger partial charge in [0.15, 0.2) is 10.9 Å². The molecular formula is C21H16ClN3O3S. The molecule has 0 fully saturated rings. The molecule has 6 nitrogen and oxygen atoms in total. The lowest BCUT2D eigenvalue weighted by Gasteiger charge is -2.14. The summed E-state index contributed by atoms with van der Waals surface area (Å²) in [6.45, 7) is 1.79. The lowest BCUT2D eigenvalue weighted by atomic mass is 10.2. The molecule has 0 atom stereocenters. The number of ether oxygens (including phenoxy) is 1. The van der Waals surface area contributed by atoms with Crippen LogP contribution in [-0.4, -0.2) is 24.2 Å². The first-order chi connectivity index (χ1) is 14.2. The van der Waals surface area contributed by atoms with Gasteiger partial charge in [-0.2, -0.15) is 0 Å². The standard InChI is InChI=1S/C21H16ClN3O3S/c22-15-3-1-2-4-17(15)28-12-18-14(7-10-27-18)20(26)24-13-5-6-19-16(11-13)25-9-8-23-21(25)29-19/h1-7,10-11H,8-9,12H2,(H,24,26). The molecule has 0 spiro atoms. The number of carbonyl (C=O) groups is 1. The van der Waals surface area contributed by atoms with Crippen molar-refractivity contribution >= 4 is 45.8 Å². The zero-order valence-corrected chi connectivity index (χ0v) is 16.8. The summed E-state index contributed by atoms with van der Waals surface area (Å²) in [4.78, 5) is 20.6. The zero-order chi connectivity index (χ0) is 19.8. The molecular weight excluding hydrogens is 410 g/mol. The van der Waals surface area contributed by atoms with E-state index in [4.69, 9.17) is 20.8 Å². The predicted molar refractivity (Wildman–Crippen MR) is 114 cm³/mol. The van der Waals surface area contributed by atoms with Crippen molar-refractivity contribution < 1.29 is 13.9 Å². The van der Waals surface area contributed by atoms with Gasteiger partial charge in [-0.15, -0.1) is 0 Å². The molecule has 8 heteroatoms. The third-order valence-electron chi connectivity index (χ3n) is 4.70. The number of amidine groups is 1. The molecule has 3 aromatic rings. The van der Waals surface area contributed by atoms with Crippen LogP contribution in [0.2, 0.25) is 5.02 Å². The van der Waals surface area contributed by atoms with Gasteiger partial charge in [-0.3, -0.25) is 9.79 Å². The van der Waals surface area contributed by atoms with Crippen LogP contribution in [-0.2, 0) is 6.61 Å². The number of halogens is 1. The maximum absolute atomic E-state index is 12.8. The van der Waals surface area contributed by atoms with E-state index in [2.05, 4.69) is 15.2 Å². The summed E-state index contributed by atoms with van der Waals surface area (Å²) in [6.07, 6.45) is 1.48. The highest BCUT2D eigenvalue weighted by Crippen LogP contribution is 2.43. The monoisotopic (exact) mass is 425 g/mol. The lowest BCUT2D eigenvalue weighted by molar-refractivity contribution is 0.102. The molecule has 0 unspecified atom stereocenters. The summed E-state index contributed by atoms with van der Waals surface area (Å²) in [5, 5.41) is 4.48. The van der Waals surface area contributed by atoms with E-state index >= 15 is 0 Å². The second-order valence-electron chi connectivity index (χ2n) is 6.53. The van der Waals surface area contributed by atoms with Gasteiger partial charge in [0.25, 0.3) is 5.91 Å². The number of fused-ring (bicyclic) bond motifs is 3. The van der Waals surface area contributed by atoms with Gasteiger partial charge >= 0.3 is 0 Å². The number of carbonyl (C=O) groups excluding carboxylic acids is 1. The predicted octanol–water partition coefficient (Wildman–Crippen LogP) is 5.05. The van der Waals surface area contributed by atoms with Gasteiger partial charge in [0.05, 0.1) is 29.1 Å². The number of thioether (sulfide) groups is 1. The molecule has 0 aliphatic carbocycles. The van der Waals surface area contributed by atoms with Crippen molar-refractivity contribution in [1.82, 2.24) is 0 Å². The van der Waals surface area contributed by atoms with Crippen LogP contribution < -0.4 is 15.0 Å². The molecule has 29 heavy (non-hydrogen) atoms. The van der Waals surface area contributed by atoms with E-state index in [-0.39, 0.29) is 12.5 Å². The fourth-order valence-corrected chi connectivity index (χ4v) is 4.54. The minimum absolute atomic E-state index is 0.105. The summed E-state index contributed by atoms with van der Waals surface area (Å²) in [5.41, 5.74) is 2.23. The molecule has 0 saturated carbocycles. The van der Waals surface area contributed by atoms with E-state index in [0.29, 0.717) is 22.1 Å². The first kappa shape index (κ1) is 18.1. The summed E-state index contributed by atoms with van der Waals surface area (Å²) in [5.74, 6) is 0.724. The molecule has 0 saturated heterocycles. The molecule has 1 aromatic heterocycles. The first-order valence-corrected chi connectivity index (χ1v) is 10.3. The van der Waals surface area contributed by atoms with E-state index in [0.717, 1.165) is 34.5 Å². The molecule has 1 N–H and O–H groups in total. The molecule has 146 valence electrons. The molecule has 0 bridgehead atoms. The highest BCUT2D eigenvalue weighted by Gasteiger charge is 2.29. The van der Waals surface area contributed by atoms with Gasteiger partial charge < -0.3 is 19.4 Å². The van der Waals surface area contributed by atoms with Crippen LogP contribution in [0.25, 0.3) is 0 Å². The van der Waals surface area contributed by atoms with Crippen molar-refractivity contribution in [2.45, 2.75) is 11.5 Å². The Morgan fingerprint density at radius 2 is 2.17 bits per heavy atom. The van der Waals surface area contributed by atoms with Gasteiger partial charge in [-0.05, 0) is 48.2 Å². The Balaban J connectivity index is 1.30.